The number of likely N-dealkylation sites (tertiary alicyclic amines) is 1. The van der Waals surface area contributed by atoms with E-state index >= 15 is 0 Å². The lowest BCUT2D eigenvalue weighted by molar-refractivity contribution is 0.0925. The monoisotopic (exact) mass is 309 g/mol. The van der Waals surface area contributed by atoms with Crippen molar-refractivity contribution in [3.63, 3.8) is 0 Å². The van der Waals surface area contributed by atoms with Crippen molar-refractivity contribution in [2.75, 3.05) is 19.6 Å². The van der Waals surface area contributed by atoms with Crippen molar-refractivity contribution in [1.29, 1.82) is 0 Å². The summed E-state index contributed by atoms with van der Waals surface area (Å²) in [6.45, 7) is 3.89. The molecule has 23 heavy (non-hydrogen) atoms. The quantitative estimate of drug-likeness (QED) is 0.923. The number of rotatable bonds is 5. The Morgan fingerprint density at radius 1 is 1.17 bits per heavy atom. The molecule has 0 unspecified atom stereocenters. The molecule has 3 rings (SSSR count). The summed E-state index contributed by atoms with van der Waals surface area (Å²) >= 11 is 0. The van der Waals surface area contributed by atoms with Crippen LogP contribution in [0.15, 0.2) is 54.7 Å². The van der Waals surface area contributed by atoms with Gasteiger partial charge in [0.2, 0.25) is 0 Å². The van der Waals surface area contributed by atoms with E-state index in [1.165, 1.54) is 18.4 Å². The largest absolute Gasteiger partial charge is 0.350 e. The number of carbonyl (C=O) groups is 1. The Hall–Kier alpha value is -2.20. The van der Waals surface area contributed by atoms with Gasteiger partial charge in [-0.2, -0.15) is 0 Å². The van der Waals surface area contributed by atoms with Gasteiger partial charge in [-0.25, -0.2) is 0 Å². The van der Waals surface area contributed by atoms with Gasteiger partial charge < -0.3 is 5.32 Å². The maximum absolute atomic E-state index is 12.1. The van der Waals surface area contributed by atoms with Crippen LogP contribution in [0.3, 0.4) is 0 Å². The highest BCUT2D eigenvalue weighted by molar-refractivity contribution is 5.92. The van der Waals surface area contributed by atoms with Crippen LogP contribution in [0.5, 0.6) is 0 Å². The van der Waals surface area contributed by atoms with E-state index in [2.05, 4.69) is 45.5 Å². The van der Waals surface area contributed by atoms with Gasteiger partial charge in [0.1, 0.15) is 5.69 Å². The Morgan fingerprint density at radius 2 is 2.00 bits per heavy atom. The third-order valence-electron chi connectivity index (χ3n) is 4.30. The fourth-order valence-corrected chi connectivity index (χ4v) is 3.13. The number of hydrogen-bond acceptors (Lipinski definition) is 3. The molecule has 0 saturated carbocycles. The van der Waals surface area contributed by atoms with Gasteiger partial charge in [0, 0.05) is 25.8 Å². The van der Waals surface area contributed by atoms with Crippen molar-refractivity contribution in [3.8, 4) is 0 Å². The topological polar surface area (TPSA) is 45.2 Å². The predicted octanol–water partition coefficient (Wildman–Crippen LogP) is 2.72. The molecule has 1 aliphatic heterocycles. The average molecular weight is 309 g/mol. The summed E-state index contributed by atoms with van der Waals surface area (Å²) in [4.78, 5) is 18.6. The molecule has 1 amide bonds. The van der Waals surface area contributed by atoms with E-state index in [1.807, 2.05) is 12.1 Å². The summed E-state index contributed by atoms with van der Waals surface area (Å²) in [5.74, 6) is 0.436. The minimum absolute atomic E-state index is 0.0780. The molecule has 1 atom stereocenters. The number of pyridine rings is 1. The number of nitrogens with zero attached hydrogens (tertiary/aromatic N) is 2. The maximum atomic E-state index is 12.1. The first kappa shape index (κ1) is 15.7. The van der Waals surface area contributed by atoms with Crippen molar-refractivity contribution >= 4 is 5.91 Å². The molecule has 2 heterocycles. The van der Waals surface area contributed by atoms with Crippen LogP contribution in [0.1, 0.15) is 28.9 Å². The molecule has 4 nitrogen and oxygen atoms in total. The van der Waals surface area contributed by atoms with E-state index in [-0.39, 0.29) is 5.91 Å². The smallest absolute Gasteiger partial charge is 0.269 e. The highest BCUT2D eigenvalue weighted by atomic mass is 16.1. The molecular weight excluding hydrogens is 286 g/mol. The van der Waals surface area contributed by atoms with Crippen LogP contribution in [-0.2, 0) is 6.54 Å². The second kappa shape index (κ2) is 7.88. The van der Waals surface area contributed by atoms with Gasteiger partial charge in [0.05, 0.1) is 0 Å². The Balaban J connectivity index is 1.48. The Morgan fingerprint density at radius 3 is 2.78 bits per heavy atom. The first-order valence-corrected chi connectivity index (χ1v) is 8.27. The summed E-state index contributed by atoms with van der Waals surface area (Å²) in [5, 5.41) is 3.02. The van der Waals surface area contributed by atoms with E-state index in [9.17, 15) is 4.79 Å². The molecule has 120 valence electrons. The standard InChI is InChI=1S/C19H23N3O/c23-19(18-10-4-5-11-20-18)21-13-17-9-6-12-22(15-17)14-16-7-2-1-3-8-16/h1-5,7-8,10-11,17H,6,9,12-15H2,(H,21,23)/t17-/m1/s1. The molecule has 0 spiro atoms. The lowest BCUT2D eigenvalue weighted by atomic mass is 9.97. The second-order valence-electron chi connectivity index (χ2n) is 6.15. The van der Waals surface area contributed by atoms with Crippen molar-refractivity contribution in [2.45, 2.75) is 19.4 Å². The van der Waals surface area contributed by atoms with Gasteiger partial charge in [-0.15, -0.1) is 0 Å². The zero-order chi connectivity index (χ0) is 15.9. The van der Waals surface area contributed by atoms with Crippen LogP contribution in [0, 0.1) is 5.92 Å². The number of hydrogen-bond donors (Lipinski definition) is 1. The minimum atomic E-state index is -0.0780. The second-order valence-corrected chi connectivity index (χ2v) is 6.15. The minimum Gasteiger partial charge on any atom is -0.350 e. The van der Waals surface area contributed by atoms with Crippen LogP contribution in [0.25, 0.3) is 0 Å². The number of nitrogens with one attached hydrogen (secondary N) is 1. The maximum Gasteiger partial charge on any atom is 0.269 e. The lowest BCUT2D eigenvalue weighted by Crippen LogP contribution is -2.40. The fraction of sp³-hybridized carbons (Fsp3) is 0.368. The first-order chi connectivity index (χ1) is 11.3. The Labute approximate surface area is 137 Å². The summed E-state index contributed by atoms with van der Waals surface area (Å²) in [7, 11) is 0. The Bertz CT molecular complexity index is 615. The van der Waals surface area contributed by atoms with Crippen LogP contribution in [-0.4, -0.2) is 35.4 Å². The molecule has 0 bridgehead atoms. The number of carbonyl (C=O) groups excluding carboxylic acids is 1. The van der Waals surface area contributed by atoms with Gasteiger partial charge in [-0.05, 0) is 43.0 Å². The lowest BCUT2D eigenvalue weighted by Gasteiger charge is -2.32. The zero-order valence-electron chi connectivity index (χ0n) is 13.3. The van der Waals surface area contributed by atoms with E-state index < -0.39 is 0 Å². The third-order valence-corrected chi connectivity index (χ3v) is 4.30. The van der Waals surface area contributed by atoms with Crippen LogP contribution in [0.2, 0.25) is 0 Å². The van der Waals surface area contributed by atoms with Gasteiger partial charge in [-0.1, -0.05) is 36.4 Å². The predicted molar refractivity (Wildman–Crippen MR) is 91.0 cm³/mol. The van der Waals surface area contributed by atoms with Crippen LogP contribution < -0.4 is 5.32 Å². The molecule has 1 saturated heterocycles. The van der Waals surface area contributed by atoms with Gasteiger partial charge in [0.15, 0.2) is 0 Å². The molecule has 1 aliphatic rings. The highest BCUT2D eigenvalue weighted by Crippen LogP contribution is 2.18. The SMILES string of the molecule is O=C(NC[C@H]1CCCN(Cc2ccccc2)C1)c1ccccn1. The van der Waals surface area contributed by atoms with E-state index in [4.69, 9.17) is 0 Å². The molecule has 2 aromatic rings. The Kier molecular flexibility index (Phi) is 5.37. The summed E-state index contributed by atoms with van der Waals surface area (Å²) in [6, 6.07) is 16.0. The molecule has 1 aromatic carbocycles. The van der Waals surface area contributed by atoms with E-state index in [1.54, 1.807) is 12.3 Å². The van der Waals surface area contributed by atoms with Gasteiger partial charge in [-0.3, -0.25) is 14.7 Å². The van der Waals surface area contributed by atoms with Crippen LogP contribution in [0.4, 0.5) is 0 Å². The molecule has 0 aliphatic carbocycles. The summed E-state index contributed by atoms with van der Waals surface area (Å²) in [6.07, 6.45) is 4.02. The molecule has 1 aromatic heterocycles. The summed E-state index contributed by atoms with van der Waals surface area (Å²) in [5.41, 5.74) is 1.84. The van der Waals surface area contributed by atoms with Crippen molar-refractivity contribution in [3.05, 3.63) is 66.0 Å². The summed E-state index contributed by atoms with van der Waals surface area (Å²) < 4.78 is 0. The third kappa shape index (κ3) is 4.63. The molecule has 0 radical (unpaired) electrons. The zero-order valence-corrected chi connectivity index (χ0v) is 13.3. The van der Waals surface area contributed by atoms with Crippen molar-refractivity contribution in [2.24, 2.45) is 5.92 Å². The van der Waals surface area contributed by atoms with Crippen LogP contribution >= 0.6 is 0 Å². The van der Waals surface area contributed by atoms with Crippen molar-refractivity contribution < 1.29 is 4.79 Å². The molecular formula is C19H23N3O. The molecule has 4 heteroatoms. The average Bonchev–Trinajstić information content (AvgIpc) is 2.62. The number of amides is 1. The number of piperidine rings is 1. The van der Waals surface area contributed by atoms with Crippen molar-refractivity contribution in [1.82, 2.24) is 15.2 Å². The number of benzene rings is 1. The highest BCUT2D eigenvalue weighted by Gasteiger charge is 2.20. The van der Waals surface area contributed by atoms with E-state index in [0.29, 0.717) is 11.6 Å². The molecule has 1 fully saturated rings. The van der Waals surface area contributed by atoms with E-state index in [0.717, 1.165) is 26.2 Å². The van der Waals surface area contributed by atoms with Gasteiger partial charge in [0.25, 0.3) is 5.91 Å². The molecule has 1 N–H and O–H groups in total. The van der Waals surface area contributed by atoms with Gasteiger partial charge >= 0.3 is 0 Å². The first-order valence-electron chi connectivity index (χ1n) is 8.27. The number of aromatic nitrogens is 1. The normalized spacial score (nSPS) is 18.5. The fourth-order valence-electron chi connectivity index (χ4n) is 3.13.